The van der Waals surface area contributed by atoms with Gasteiger partial charge < -0.3 is 4.74 Å². The van der Waals surface area contributed by atoms with Crippen molar-refractivity contribution in [3.05, 3.63) is 28.2 Å². The molecule has 0 saturated carbocycles. The molecule has 0 aromatic heterocycles. The number of carbonyl (C=O) groups is 1. The van der Waals surface area contributed by atoms with Gasteiger partial charge in [0.15, 0.2) is 0 Å². The molecule has 0 bridgehead atoms. The zero-order valence-electron chi connectivity index (χ0n) is 11.8. The highest BCUT2D eigenvalue weighted by atomic mass is 35.5. The largest absolute Gasteiger partial charge is 0.465 e. The van der Waals surface area contributed by atoms with Crippen LogP contribution in [-0.4, -0.2) is 38.4 Å². The number of halogens is 2. The first kappa shape index (κ1) is 18.2. The Morgan fingerprint density at radius 1 is 1.29 bits per heavy atom. The average molecular weight is 354 g/mol. The Balaban J connectivity index is 3.15. The van der Waals surface area contributed by atoms with Gasteiger partial charge in [-0.05, 0) is 25.5 Å². The lowest BCUT2D eigenvalue weighted by Gasteiger charge is -2.21. The minimum atomic E-state index is -3.91. The fourth-order valence-electron chi connectivity index (χ4n) is 1.71. The first-order chi connectivity index (χ1) is 9.84. The molecule has 118 valence electrons. The first-order valence-electron chi connectivity index (χ1n) is 6.44. The van der Waals surface area contributed by atoms with Crippen LogP contribution in [0.4, 0.5) is 0 Å². The number of benzene rings is 1. The summed E-state index contributed by atoms with van der Waals surface area (Å²) < 4.78 is 31.1. The number of hydrogen-bond acceptors (Lipinski definition) is 4. The van der Waals surface area contributed by atoms with E-state index in [9.17, 15) is 13.2 Å². The fraction of sp³-hybridized carbons (Fsp3) is 0.462. The van der Waals surface area contributed by atoms with Crippen molar-refractivity contribution >= 4 is 39.2 Å². The molecule has 0 spiro atoms. The van der Waals surface area contributed by atoms with Gasteiger partial charge in [-0.15, -0.1) is 0 Å². The predicted molar refractivity (Wildman–Crippen MR) is 82.1 cm³/mol. The highest BCUT2D eigenvalue weighted by Gasteiger charge is 2.29. The Bertz CT molecular complexity index is 604. The molecular weight excluding hydrogens is 337 g/mol. The second-order valence-electron chi connectivity index (χ2n) is 4.20. The van der Waals surface area contributed by atoms with Crippen LogP contribution in [0.25, 0.3) is 0 Å². The number of ether oxygens (including phenoxy) is 1. The molecule has 0 unspecified atom stereocenters. The first-order valence-corrected chi connectivity index (χ1v) is 8.64. The summed E-state index contributed by atoms with van der Waals surface area (Å²) in [6, 6.07) is 4.35. The van der Waals surface area contributed by atoms with Crippen LogP contribution in [0.5, 0.6) is 0 Å². The summed E-state index contributed by atoms with van der Waals surface area (Å²) in [6.07, 6.45) is 0.552. The lowest BCUT2D eigenvalue weighted by Crippen LogP contribution is -2.37. The molecule has 0 aliphatic heterocycles. The Labute approximate surface area is 134 Å². The van der Waals surface area contributed by atoms with E-state index in [0.717, 1.165) is 4.31 Å². The van der Waals surface area contributed by atoms with Gasteiger partial charge in [0.1, 0.15) is 11.4 Å². The molecule has 0 saturated heterocycles. The Hall–Kier alpha value is -0.820. The summed E-state index contributed by atoms with van der Waals surface area (Å²) >= 11 is 11.8. The smallest absolute Gasteiger partial charge is 0.321 e. The molecule has 0 heterocycles. The highest BCUT2D eigenvalue weighted by molar-refractivity contribution is 7.89. The molecule has 1 aromatic rings. The third kappa shape index (κ3) is 4.57. The van der Waals surface area contributed by atoms with Crippen LogP contribution in [0.15, 0.2) is 23.1 Å². The fourth-order valence-corrected chi connectivity index (χ4v) is 3.92. The molecule has 0 aliphatic rings. The number of carbonyl (C=O) groups excluding carboxylic acids is 1. The molecule has 0 atom stereocenters. The SMILES string of the molecule is CCCN(CC(=O)OCC)S(=O)(=O)c1cccc(Cl)c1Cl. The van der Waals surface area contributed by atoms with Gasteiger partial charge in [-0.2, -0.15) is 4.31 Å². The van der Waals surface area contributed by atoms with Crippen molar-refractivity contribution in [3.8, 4) is 0 Å². The maximum absolute atomic E-state index is 12.6. The van der Waals surface area contributed by atoms with Gasteiger partial charge in [-0.25, -0.2) is 8.42 Å². The zero-order chi connectivity index (χ0) is 16.0. The van der Waals surface area contributed by atoms with E-state index in [0.29, 0.717) is 6.42 Å². The van der Waals surface area contributed by atoms with E-state index in [1.165, 1.54) is 18.2 Å². The summed E-state index contributed by atoms with van der Waals surface area (Å²) in [7, 11) is -3.91. The molecular formula is C13H17Cl2NO4S. The van der Waals surface area contributed by atoms with Crippen LogP contribution >= 0.6 is 23.2 Å². The van der Waals surface area contributed by atoms with Crippen LogP contribution in [-0.2, 0) is 19.6 Å². The van der Waals surface area contributed by atoms with Crippen molar-refractivity contribution in [2.24, 2.45) is 0 Å². The van der Waals surface area contributed by atoms with Gasteiger partial charge in [-0.1, -0.05) is 36.2 Å². The van der Waals surface area contributed by atoms with Crippen molar-refractivity contribution in [3.63, 3.8) is 0 Å². The van der Waals surface area contributed by atoms with Crippen LogP contribution < -0.4 is 0 Å². The molecule has 0 fully saturated rings. The summed E-state index contributed by atoms with van der Waals surface area (Å²) in [6.45, 7) is 3.49. The monoisotopic (exact) mass is 353 g/mol. The van der Waals surface area contributed by atoms with Crippen molar-refractivity contribution in [1.82, 2.24) is 4.31 Å². The van der Waals surface area contributed by atoms with E-state index in [-0.39, 0.29) is 34.6 Å². The van der Waals surface area contributed by atoms with E-state index in [1.807, 2.05) is 6.92 Å². The van der Waals surface area contributed by atoms with Gasteiger partial charge in [0.25, 0.3) is 0 Å². The van der Waals surface area contributed by atoms with E-state index >= 15 is 0 Å². The van der Waals surface area contributed by atoms with Gasteiger partial charge in [0.2, 0.25) is 10.0 Å². The maximum atomic E-state index is 12.6. The second-order valence-corrected chi connectivity index (χ2v) is 6.89. The maximum Gasteiger partial charge on any atom is 0.321 e. The molecule has 1 rings (SSSR count). The van der Waals surface area contributed by atoms with E-state index in [4.69, 9.17) is 27.9 Å². The molecule has 0 radical (unpaired) electrons. The number of esters is 1. The minimum absolute atomic E-state index is 0.0517. The van der Waals surface area contributed by atoms with E-state index in [1.54, 1.807) is 6.92 Å². The van der Waals surface area contributed by atoms with Crippen molar-refractivity contribution < 1.29 is 17.9 Å². The van der Waals surface area contributed by atoms with Crippen molar-refractivity contribution in [2.75, 3.05) is 19.7 Å². The topological polar surface area (TPSA) is 63.7 Å². The highest BCUT2D eigenvalue weighted by Crippen LogP contribution is 2.30. The predicted octanol–water partition coefficient (Wildman–Crippen LogP) is 2.96. The zero-order valence-corrected chi connectivity index (χ0v) is 14.1. The Kier molecular flexibility index (Phi) is 6.93. The number of sulfonamides is 1. The van der Waals surface area contributed by atoms with Crippen LogP contribution in [0, 0.1) is 0 Å². The van der Waals surface area contributed by atoms with Gasteiger partial charge in [0, 0.05) is 6.54 Å². The number of rotatable bonds is 7. The lowest BCUT2D eigenvalue weighted by molar-refractivity contribution is -0.143. The summed E-state index contributed by atoms with van der Waals surface area (Å²) in [5, 5.41) is 0.0921. The van der Waals surface area contributed by atoms with E-state index in [2.05, 4.69) is 0 Å². The molecule has 21 heavy (non-hydrogen) atoms. The van der Waals surface area contributed by atoms with Crippen molar-refractivity contribution in [1.29, 1.82) is 0 Å². The number of nitrogens with zero attached hydrogens (tertiary/aromatic N) is 1. The molecule has 8 heteroatoms. The summed E-state index contributed by atoms with van der Waals surface area (Å²) in [5.74, 6) is -0.604. The Morgan fingerprint density at radius 2 is 1.95 bits per heavy atom. The quantitative estimate of drug-likeness (QED) is 0.707. The summed E-state index contributed by atoms with van der Waals surface area (Å²) in [5.41, 5.74) is 0. The van der Waals surface area contributed by atoms with Gasteiger partial charge in [0.05, 0.1) is 16.7 Å². The lowest BCUT2D eigenvalue weighted by atomic mass is 10.4. The van der Waals surface area contributed by atoms with Crippen LogP contribution in [0.2, 0.25) is 10.0 Å². The Morgan fingerprint density at radius 3 is 2.52 bits per heavy atom. The standard InChI is InChI=1S/C13H17Cl2NO4S/c1-3-8-16(9-12(17)20-4-2)21(18,19)11-7-5-6-10(14)13(11)15/h5-7H,3-4,8-9H2,1-2H3. The molecule has 1 aromatic carbocycles. The van der Waals surface area contributed by atoms with Crippen LogP contribution in [0.3, 0.4) is 0 Å². The van der Waals surface area contributed by atoms with Gasteiger partial charge >= 0.3 is 5.97 Å². The number of hydrogen-bond donors (Lipinski definition) is 0. The third-order valence-electron chi connectivity index (χ3n) is 2.62. The van der Waals surface area contributed by atoms with Crippen LogP contribution in [0.1, 0.15) is 20.3 Å². The minimum Gasteiger partial charge on any atom is -0.465 e. The molecule has 0 aliphatic carbocycles. The molecule has 5 nitrogen and oxygen atoms in total. The summed E-state index contributed by atoms with van der Waals surface area (Å²) in [4.78, 5) is 11.5. The normalized spacial score (nSPS) is 11.7. The van der Waals surface area contributed by atoms with Gasteiger partial charge in [-0.3, -0.25) is 4.79 Å². The molecule has 0 N–H and O–H groups in total. The van der Waals surface area contributed by atoms with E-state index < -0.39 is 16.0 Å². The average Bonchev–Trinajstić information content (AvgIpc) is 2.41. The second kappa shape index (κ2) is 7.98. The molecule has 0 amide bonds. The van der Waals surface area contributed by atoms with Crippen molar-refractivity contribution in [2.45, 2.75) is 25.2 Å². The third-order valence-corrected chi connectivity index (χ3v) is 5.44.